The van der Waals surface area contributed by atoms with Crippen LogP contribution in [-0.4, -0.2) is 60.5 Å². The molecule has 7 nitrogen and oxygen atoms in total. The Balaban J connectivity index is 1.46. The van der Waals surface area contributed by atoms with Crippen LogP contribution in [-0.2, 0) is 25.6 Å². The lowest BCUT2D eigenvalue weighted by molar-refractivity contribution is -0.150. The maximum atomic E-state index is 12.6. The van der Waals surface area contributed by atoms with Crippen molar-refractivity contribution in [2.45, 2.75) is 33.2 Å². The van der Waals surface area contributed by atoms with E-state index in [1.54, 1.807) is 24.2 Å². The molecule has 0 atom stereocenters. The highest BCUT2D eigenvalue weighted by Crippen LogP contribution is 2.20. The molecule has 176 valence electrons. The number of esters is 1. The van der Waals surface area contributed by atoms with E-state index in [1.807, 2.05) is 54.8 Å². The predicted octanol–water partition coefficient (Wildman–Crippen LogP) is 3.43. The number of hydrogen-bond donors (Lipinski definition) is 0. The molecule has 0 radical (unpaired) electrons. The van der Waals surface area contributed by atoms with E-state index in [9.17, 15) is 14.4 Å². The van der Waals surface area contributed by atoms with Crippen LogP contribution >= 0.6 is 0 Å². The number of rotatable bonds is 9. The molecule has 33 heavy (non-hydrogen) atoms. The van der Waals surface area contributed by atoms with Crippen LogP contribution in [0.15, 0.2) is 42.5 Å². The monoisotopic (exact) mass is 452 g/mol. The van der Waals surface area contributed by atoms with Gasteiger partial charge in [0.2, 0.25) is 11.7 Å². The molecule has 0 spiro atoms. The molecule has 2 aromatic rings. The zero-order valence-corrected chi connectivity index (χ0v) is 19.6. The average molecular weight is 453 g/mol. The van der Waals surface area contributed by atoms with E-state index < -0.39 is 0 Å². The van der Waals surface area contributed by atoms with Gasteiger partial charge in [0.15, 0.2) is 6.61 Å². The number of benzene rings is 1. The van der Waals surface area contributed by atoms with Gasteiger partial charge in [-0.1, -0.05) is 30.3 Å². The molecule has 7 heteroatoms. The van der Waals surface area contributed by atoms with Crippen LogP contribution in [0, 0.1) is 19.8 Å². The van der Waals surface area contributed by atoms with E-state index in [0.717, 1.165) is 17.0 Å². The van der Waals surface area contributed by atoms with Crippen molar-refractivity contribution in [2.24, 2.45) is 5.92 Å². The zero-order valence-electron chi connectivity index (χ0n) is 19.6. The van der Waals surface area contributed by atoms with Crippen LogP contribution in [0.5, 0.6) is 0 Å². The van der Waals surface area contributed by atoms with Crippen molar-refractivity contribution in [1.29, 1.82) is 0 Å². The maximum absolute atomic E-state index is 12.6. The summed E-state index contributed by atoms with van der Waals surface area (Å²) >= 11 is 0. The number of aromatic nitrogens is 1. The van der Waals surface area contributed by atoms with Gasteiger partial charge in [-0.25, -0.2) is 0 Å². The summed E-state index contributed by atoms with van der Waals surface area (Å²) < 4.78 is 12.5. The quantitative estimate of drug-likeness (QED) is 0.331. The second-order valence-corrected chi connectivity index (χ2v) is 8.30. The Labute approximate surface area is 195 Å². The molecule has 0 unspecified atom stereocenters. The summed E-state index contributed by atoms with van der Waals surface area (Å²) in [6.45, 7) is 5.76. The summed E-state index contributed by atoms with van der Waals surface area (Å²) in [6, 6.07) is 11.5. The highest BCUT2D eigenvalue weighted by molar-refractivity contribution is 5.99. The van der Waals surface area contributed by atoms with Crippen LogP contribution in [0.3, 0.4) is 0 Å². The highest BCUT2D eigenvalue weighted by atomic mass is 16.5. The fourth-order valence-electron chi connectivity index (χ4n) is 4.12. The summed E-state index contributed by atoms with van der Waals surface area (Å²) in [5.74, 6) is -0.944. The molecule has 1 aliphatic heterocycles. The number of aryl methyl sites for hydroxylation is 1. The van der Waals surface area contributed by atoms with Gasteiger partial charge in [-0.05, 0) is 44.4 Å². The molecular formula is C26H32N2O5. The largest absolute Gasteiger partial charge is 0.457 e. The fraction of sp³-hybridized carbons (Fsp3) is 0.423. The lowest BCUT2D eigenvalue weighted by atomic mass is 9.97. The lowest BCUT2D eigenvalue weighted by Gasteiger charge is -2.30. The Morgan fingerprint density at radius 3 is 2.45 bits per heavy atom. The smallest absolute Gasteiger partial charge is 0.309 e. The molecule has 1 saturated heterocycles. The summed E-state index contributed by atoms with van der Waals surface area (Å²) in [4.78, 5) is 39.3. The molecule has 3 rings (SSSR count). The topological polar surface area (TPSA) is 77.8 Å². The molecule has 0 aliphatic carbocycles. The molecule has 0 bridgehead atoms. The van der Waals surface area contributed by atoms with E-state index >= 15 is 0 Å². The molecule has 0 N–H and O–H groups in total. The average Bonchev–Trinajstić information content (AvgIpc) is 3.13. The van der Waals surface area contributed by atoms with Gasteiger partial charge < -0.3 is 18.9 Å². The van der Waals surface area contributed by atoms with Crippen molar-refractivity contribution in [3.05, 3.63) is 65.0 Å². The third kappa shape index (κ3) is 6.42. The first kappa shape index (κ1) is 24.5. The van der Waals surface area contributed by atoms with Gasteiger partial charge in [0.25, 0.3) is 0 Å². The summed E-state index contributed by atoms with van der Waals surface area (Å²) in [5, 5.41) is 0. The van der Waals surface area contributed by atoms with E-state index in [-0.39, 0.29) is 30.2 Å². The number of hydrogen-bond acceptors (Lipinski definition) is 5. The van der Waals surface area contributed by atoms with Crippen LogP contribution < -0.4 is 0 Å². The minimum Gasteiger partial charge on any atom is -0.457 e. The van der Waals surface area contributed by atoms with Crippen molar-refractivity contribution in [3.63, 3.8) is 0 Å². The van der Waals surface area contributed by atoms with Gasteiger partial charge in [0.1, 0.15) is 0 Å². The normalized spacial score (nSPS) is 14.6. The third-order valence-corrected chi connectivity index (χ3v) is 6.10. The van der Waals surface area contributed by atoms with Crippen LogP contribution in [0.4, 0.5) is 0 Å². The first-order valence-corrected chi connectivity index (χ1v) is 11.3. The number of ether oxygens (including phenoxy) is 2. The maximum Gasteiger partial charge on any atom is 0.309 e. The van der Waals surface area contributed by atoms with E-state index in [2.05, 4.69) is 0 Å². The van der Waals surface area contributed by atoms with Gasteiger partial charge in [-0.15, -0.1) is 0 Å². The standard InChI is InChI=1S/C26H32N2O5/c1-19-17-23(20(2)28(19)15-16-32-3)24(29)18-33-26(31)22-11-13-27(14-12-22)25(30)10-9-21-7-5-4-6-8-21/h4-10,17,22H,11-16,18H2,1-3H3/b10-9+. The van der Waals surface area contributed by atoms with Gasteiger partial charge in [-0.3, -0.25) is 14.4 Å². The van der Waals surface area contributed by atoms with Gasteiger partial charge >= 0.3 is 5.97 Å². The number of likely N-dealkylation sites (tertiary alicyclic amines) is 1. The second-order valence-electron chi connectivity index (χ2n) is 8.30. The number of carbonyl (C=O) groups excluding carboxylic acids is 3. The van der Waals surface area contributed by atoms with Gasteiger partial charge in [0, 0.05) is 49.8 Å². The Kier molecular flexibility index (Phi) is 8.60. The third-order valence-electron chi connectivity index (χ3n) is 6.10. The molecule has 1 aromatic heterocycles. The number of amides is 1. The number of nitrogens with zero attached hydrogens (tertiary/aromatic N) is 2. The zero-order chi connectivity index (χ0) is 23.8. The summed E-state index contributed by atoms with van der Waals surface area (Å²) in [7, 11) is 1.64. The lowest BCUT2D eigenvalue weighted by Crippen LogP contribution is -2.40. The predicted molar refractivity (Wildman–Crippen MR) is 126 cm³/mol. The SMILES string of the molecule is COCCn1c(C)cc(C(=O)COC(=O)C2CCN(C(=O)/C=C/c3ccccc3)CC2)c1C. The van der Waals surface area contributed by atoms with Crippen LogP contribution in [0.25, 0.3) is 6.08 Å². The van der Waals surface area contributed by atoms with Crippen molar-refractivity contribution in [2.75, 3.05) is 33.4 Å². The second kappa shape index (κ2) is 11.6. The number of ketones is 1. The fourth-order valence-corrected chi connectivity index (χ4v) is 4.12. The Morgan fingerprint density at radius 1 is 1.09 bits per heavy atom. The summed E-state index contributed by atoms with van der Waals surface area (Å²) in [5.41, 5.74) is 3.36. The van der Waals surface area contributed by atoms with Crippen LogP contribution in [0.1, 0.15) is 40.2 Å². The number of piperidine rings is 1. The van der Waals surface area contributed by atoms with E-state index in [1.165, 1.54) is 0 Å². The number of carbonyl (C=O) groups is 3. The van der Waals surface area contributed by atoms with E-state index in [0.29, 0.717) is 44.6 Å². The first-order chi connectivity index (χ1) is 15.9. The van der Waals surface area contributed by atoms with Gasteiger partial charge in [-0.2, -0.15) is 0 Å². The number of methoxy groups -OCH3 is 1. The van der Waals surface area contributed by atoms with Crippen LogP contribution in [0.2, 0.25) is 0 Å². The molecule has 1 fully saturated rings. The summed E-state index contributed by atoms with van der Waals surface area (Å²) in [6.07, 6.45) is 4.42. The molecule has 2 heterocycles. The molecular weight excluding hydrogens is 420 g/mol. The minimum atomic E-state index is -0.372. The highest BCUT2D eigenvalue weighted by Gasteiger charge is 2.28. The van der Waals surface area contributed by atoms with Gasteiger partial charge in [0.05, 0.1) is 12.5 Å². The Hall–Kier alpha value is -3.19. The minimum absolute atomic E-state index is 0.0651. The van der Waals surface area contributed by atoms with E-state index in [4.69, 9.17) is 9.47 Å². The molecule has 1 amide bonds. The molecule has 1 aliphatic rings. The van der Waals surface area contributed by atoms with Crippen molar-refractivity contribution in [1.82, 2.24) is 9.47 Å². The van der Waals surface area contributed by atoms with Crippen molar-refractivity contribution < 1.29 is 23.9 Å². The molecule has 0 saturated carbocycles. The van der Waals surface area contributed by atoms with Crippen molar-refractivity contribution >= 4 is 23.7 Å². The molecule has 1 aromatic carbocycles. The Morgan fingerprint density at radius 2 is 1.79 bits per heavy atom. The first-order valence-electron chi connectivity index (χ1n) is 11.3. The van der Waals surface area contributed by atoms with Crippen molar-refractivity contribution in [3.8, 4) is 0 Å². The Bertz CT molecular complexity index is 1000. The number of Topliss-reactive ketones (excluding diaryl/α,β-unsaturated/α-hetero) is 1.